The molecule has 0 bridgehead atoms. The van der Waals surface area contributed by atoms with Crippen LogP contribution in [0.15, 0.2) is 36.5 Å². The number of carbonyl (C=O) groups excluding carboxylic acids is 2. The van der Waals surface area contributed by atoms with Crippen molar-refractivity contribution in [3.63, 3.8) is 0 Å². The molecule has 0 spiro atoms. The smallest absolute Gasteiger partial charge is 0.306 e. The minimum Gasteiger partial charge on any atom is -0.462 e. The highest BCUT2D eigenvalue weighted by Gasteiger charge is 2.47. The molecule has 2 aliphatic rings. The second kappa shape index (κ2) is 41.2. The molecule has 2 rings (SSSR count). The number of aliphatic hydroxyl groups excluding tert-OH is 7. The Balaban J connectivity index is 1.79. The van der Waals surface area contributed by atoms with Crippen molar-refractivity contribution in [2.75, 3.05) is 26.4 Å². The number of ether oxygens (including phenoxy) is 6. The molecule has 0 radical (unpaired) electrons. The van der Waals surface area contributed by atoms with Crippen LogP contribution >= 0.6 is 0 Å². The molecule has 4 unspecified atom stereocenters. The summed E-state index contributed by atoms with van der Waals surface area (Å²) in [5.74, 6) is -0.938. The minimum absolute atomic E-state index is 0.164. The van der Waals surface area contributed by atoms with Crippen molar-refractivity contribution in [2.45, 2.75) is 268 Å². The lowest BCUT2D eigenvalue weighted by Gasteiger charge is -2.42. The van der Waals surface area contributed by atoms with E-state index in [0.717, 1.165) is 70.6 Å². The van der Waals surface area contributed by atoms with Gasteiger partial charge in [-0.3, -0.25) is 9.59 Å². The summed E-state index contributed by atoms with van der Waals surface area (Å²) in [4.78, 5) is 25.8. The van der Waals surface area contributed by atoms with E-state index in [9.17, 15) is 45.3 Å². The number of unbranched alkanes of at least 4 members (excludes halogenated alkanes) is 22. The molecule has 2 saturated heterocycles. The van der Waals surface area contributed by atoms with E-state index in [1.807, 2.05) is 0 Å². The van der Waals surface area contributed by atoms with Gasteiger partial charge in [-0.05, 0) is 44.9 Å². The maximum absolute atomic E-state index is 13.0. The number of hydrogen-bond acceptors (Lipinski definition) is 15. The van der Waals surface area contributed by atoms with Crippen molar-refractivity contribution < 1.29 is 73.8 Å². The Morgan fingerprint density at radius 2 is 0.913 bits per heavy atom. The van der Waals surface area contributed by atoms with Crippen LogP contribution in [0.5, 0.6) is 0 Å². The van der Waals surface area contributed by atoms with Gasteiger partial charge in [0.05, 0.1) is 19.8 Å². The molecule has 402 valence electrons. The number of rotatable bonds is 42. The van der Waals surface area contributed by atoms with Gasteiger partial charge in [-0.15, -0.1) is 0 Å². The Bertz CT molecular complexity index is 1340. The molecule has 2 fully saturated rings. The van der Waals surface area contributed by atoms with E-state index in [4.69, 9.17) is 28.4 Å². The van der Waals surface area contributed by atoms with Gasteiger partial charge >= 0.3 is 11.9 Å². The number of allylic oxidation sites excluding steroid dienone is 6. The van der Waals surface area contributed by atoms with E-state index >= 15 is 0 Å². The lowest BCUT2D eigenvalue weighted by molar-refractivity contribution is -0.332. The van der Waals surface area contributed by atoms with E-state index < -0.39 is 92.7 Å². The summed E-state index contributed by atoms with van der Waals surface area (Å²) >= 11 is 0. The summed E-state index contributed by atoms with van der Waals surface area (Å²) in [5.41, 5.74) is 0. The van der Waals surface area contributed by atoms with Crippen LogP contribution in [0.4, 0.5) is 0 Å². The summed E-state index contributed by atoms with van der Waals surface area (Å²) in [5, 5.41) is 72.1. The fraction of sp³-hybridized carbons (Fsp3) is 0.852. The Hall–Kier alpha value is -2.28. The fourth-order valence-corrected chi connectivity index (χ4v) is 8.47. The first kappa shape index (κ1) is 62.8. The van der Waals surface area contributed by atoms with Gasteiger partial charge in [0.25, 0.3) is 0 Å². The molecule has 11 atom stereocenters. The van der Waals surface area contributed by atoms with Crippen LogP contribution in [0.1, 0.15) is 200 Å². The Kier molecular flexibility index (Phi) is 37.5. The molecule has 15 heteroatoms. The van der Waals surface area contributed by atoms with E-state index in [1.54, 1.807) is 0 Å². The number of carbonyl (C=O) groups is 2. The first-order valence-corrected chi connectivity index (χ1v) is 27.1. The molecule has 0 aliphatic carbocycles. The standard InChI is InChI=1S/C54H96O15/c1-3-5-7-9-11-13-15-17-19-20-21-23-25-27-29-31-33-35-37-46(57)67-42(39-64-45(56)36-34-32-30-28-26-24-22-18-16-14-12-10-8-6-4-2)40-65-53-52(63)50(61)48(59)44(69-53)41-66-54-51(62)49(60)47(58)43(38-55)68-54/h6,8,12,14,18,22,42-44,47-55,58-63H,3-5,7,9-11,13,15-17,19-21,23-41H2,1-2H3/b8-6+,14-12+,22-18+/t42-,43+,44+,47-,48-,49?,50?,51?,52?,53+,54+/m1/s1. The van der Waals surface area contributed by atoms with Gasteiger partial charge in [0.2, 0.25) is 0 Å². The number of aliphatic hydroxyl groups is 7. The summed E-state index contributed by atoms with van der Waals surface area (Å²) in [6.07, 6.45) is 27.4. The third kappa shape index (κ3) is 29.1. The second-order valence-electron chi connectivity index (χ2n) is 19.0. The largest absolute Gasteiger partial charge is 0.462 e. The van der Waals surface area contributed by atoms with Crippen molar-refractivity contribution in [1.82, 2.24) is 0 Å². The van der Waals surface area contributed by atoms with E-state index in [1.165, 1.54) is 89.9 Å². The summed E-state index contributed by atoms with van der Waals surface area (Å²) in [6, 6.07) is 0. The molecule has 15 nitrogen and oxygen atoms in total. The molecule has 0 aromatic rings. The molecule has 69 heavy (non-hydrogen) atoms. The van der Waals surface area contributed by atoms with E-state index in [2.05, 4.69) is 50.3 Å². The Morgan fingerprint density at radius 3 is 1.43 bits per heavy atom. The molecule has 0 saturated carbocycles. The van der Waals surface area contributed by atoms with Gasteiger partial charge in [0, 0.05) is 12.8 Å². The minimum atomic E-state index is -1.77. The van der Waals surface area contributed by atoms with Gasteiger partial charge < -0.3 is 64.2 Å². The monoisotopic (exact) mass is 985 g/mol. The number of esters is 2. The zero-order valence-corrected chi connectivity index (χ0v) is 42.5. The Morgan fingerprint density at radius 1 is 0.478 bits per heavy atom. The predicted molar refractivity (Wildman–Crippen MR) is 266 cm³/mol. The second-order valence-corrected chi connectivity index (χ2v) is 19.0. The van der Waals surface area contributed by atoms with Gasteiger partial charge in [-0.2, -0.15) is 0 Å². The first-order chi connectivity index (χ1) is 33.5. The van der Waals surface area contributed by atoms with Crippen LogP contribution in [-0.4, -0.2) is 142 Å². The summed E-state index contributed by atoms with van der Waals surface area (Å²) in [7, 11) is 0. The third-order valence-corrected chi connectivity index (χ3v) is 12.9. The van der Waals surface area contributed by atoms with Crippen LogP contribution in [0.3, 0.4) is 0 Å². The summed E-state index contributed by atoms with van der Waals surface area (Å²) < 4.78 is 33.6. The normalized spacial score (nSPS) is 25.8. The highest BCUT2D eigenvalue weighted by atomic mass is 16.7. The topological polar surface area (TPSA) is 231 Å². The average Bonchev–Trinajstić information content (AvgIpc) is 3.34. The average molecular weight is 985 g/mol. The van der Waals surface area contributed by atoms with Crippen LogP contribution in [0.25, 0.3) is 0 Å². The van der Waals surface area contributed by atoms with Gasteiger partial charge in [-0.25, -0.2) is 0 Å². The Labute approximate surface area is 415 Å². The fourth-order valence-electron chi connectivity index (χ4n) is 8.47. The maximum atomic E-state index is 13.0. The van der Waals surface area contributed by atoms with Crippen molar-refractivity contribution >= 4 is 11.9 Å². The molecular weight excluding hydrogens is 889 g/mol. The molecule has 0 aromatic carbocycles. The van der Waals surface area contributed by atoms with Crippen molar-refractivity contribution in [3.8, 4) is 0 Å². The van der Waals surface area contributed by atoms with Crippen LogP contribution in [0.2, 0.25) is 0 Å². The lowest BCUT2D eigenvalue weighted by Crippen LogP contribution is -2.61. The van der Waals surface area contributed by atoms with Crippen molar-refractivity contribution in [2.24, 2.45) is 0 Å². The van der Waals surface area contributed by atoms with E-state index in [0.29, 0.717) is 12.8 Å². The van der Waals surface area contributed by atoms with Crippen molar-refractivity contribution in [1.29, 1.82) is 0 Å². The van der Waals surface area contributed by atoms with Crippen LogP contribution < -0.4 is 0 Å². The maximum Gasteiger partial charge on any atom is 0.306 e. The quantitative estimate of drug-likeness (QED) is 0.0174. The third-order valence-electron chi connectivity index (χ3n) is 12.9. The summed E-state index contributed by atoms with van der Waals surface area (Å²) in [6.45, 7) is 2.48. The zero-order valence-electron chi connectivity index (χ0n) is 42.5. The van der Waals surface area contributed by atoms with Crippen molar-refractivity contribution in [3.05, 3.63) is 36.5 Å². The highest BCUT2D eigenvalue weighted by Crippen LogP contribution is 2.26. The van der Waals surface area contributed by atoms with Gasteiger partial charge in [0.1, 0.15) is 55.4 Å². The first-order valence-electron chi connectivity index (χ1n) is 27.1. The van der Waals surface area contributed by atoms with Gasteiger partial charge in [0.15, 0.2) is 18.7 Å². The van der Waals surface area contributed by atoms with Crippen LogP contribution in [-0.2, 0) is 38.0 Å². The molecule has 7 N–H and O–H groups in total. The van der Waals surface area contributed by atoms with E-state index in [-0.39, 0.29) is 26.1 Å². The predicted octanol–water partition coefficient (Wildman–Crippen LogP) is 8.10. The van der Waals surface area contributed by atoms with Gasteiger partial charge in [-0.1, -0.05) is 179 Å². The van der Waals surface area contributed by atoms with Crippen LogP contribution in [0, 0.1) is 0 Å². The highest BCUT2D eigenvalue weighted by molar-refractivity contribution is 5.70. The SMILES string of the molecule is CC/C=C/C/C=C/C/C=C/CCCCCCCC(=O)OC[C@H](CO[C@H]1O[C@@H](CO[C@H]2O[C@@H](CO)[C@@H](O)C(O)C2O)[C@@H](O)C(O)C1O)OC(=O)CCCCCCCCCCCCCCCCCCCC. The molecular formula is C54H96O15. The molecule has 0 aromatic heterocycles. The molecule has 2 heterocycles. The lowest BCUT2D eigenvalue weighted by atomic mass is 9.98. The number of hydrogen-bond donors (Lipinski definition) is 7. The molecule has 0 amide bonds. The zero-order chi connectivity index (χ0) is 50.3. The molecule has 2 aliphatic heterocycles.